The molecule has 0 saturated carbocycles. The van der Waals surface area contributed by atoms with Gasteiger partial charge in [-0.15, -0.1) is 0 Å². The van der Waals surface area contributed by atoms with E-state index in [1.165, 1.54) is 0 Å². The number of likely N-dealkylation sites (N-methyl/N-ethyl adjacent to an activating group) is 1. The summed E-state index contributed by atoms with van der Waals surface area (Å²) in [6, 6.07) is -1.36. The van der Waals surface area contributed by atoms with Crippen LogP contribution in [0.5, 0.6) is 0 Å². The van der Waals surface area contributed by atoms with E-state index in [-0.39, 0.29) is 24.3 Å². The molecule has 2 radical (unpaired) electrons. The minimum absolute atomic E-state index is 0.135. The normalized spacial score (nSPS) is 11.3. The fourth-order valence-electron chi connectivity index (χ4n) is 1.96. The summed E-state index contributed by atoms with van der Waals surface area (Å²) in [6.07, 6.45) is 2.81. The molecule has 10 heteroatoms. The molecule has 29 heavy (non-hydrogen) atoms. The van der Waals surface area contributed by atoms with Gasteiger partial charge in [-0.2, -0.15) is 0 Å². The van der Waals surface area contributed by atoms with Crippen LogP contribution < -0.4 is 27.4 Å². The van der Waals surface area contributed by atoms with Crippen LogP contribution in [0.15, 0.2) is 0 Å². The summed E-state index contributed by atoms with van der Waals surface area (Å²) < 4.78 is 0. The van der Waals surface area contributed by atoms with Crippen LogP contribution in [0, 0.1) is 5.92 Å². The molecular formula is C19H44N5O4Sb. The van der Waals surface area contributed by atoms with Gasteiger partial charge in [-0.1, -0.05) is 34.1 Å². The monoisotopic (exact) mass is 527 g/mol. The molecule has 9 nitrogen and oxygen atoms in total. The number of carbonyl (C=O) groups is 3. The number of nitrogens with two attached hydrogens (primary N) is 2. The van der Waals surface area contributed by atoms with E-state index in [4.69, 9.17) is 16.6 Å². The van der Waals surface area contributed by atoms with Crippen molar-refractivity contribution in [1.82, 2.24) is 16.0 Å². The van der Waals surface area contributed by atoms with Crippen molar-refractivity contribution < 1.29 is 19.5 Å². The fraction of sp³-hybridized carbons (Fsp3) is 0.842. The number of rotatable bonds is 11. The Bertz CT molecular complexity index is 397. The molecule has 0 aliphatic rings. The molecule has 0 aromatic heterocycles. The maximum atomic E-state index is 12.3. The molecule has 0 rings (SSSR count). The molecule has 8 N–H and O–H groups in total. The van der Waals surface area contributed by atoms with Gasteiger partial charge in [0.1, 0.15) is 12.1 Å². The molecular weight excluding hydrogens is 484 g/mol. The Morgan fingerprint density at radius 2 is 1.48 bits per heavy atom. The van der Waals surface area contributed by atoms with Gasteiger partial charge in [-0.05, 0) is 38.8 Å². The van der Waals surface area contributed by atoms with Gasteiger partial charge >= 0.3 is 27.9 Å². The van der Waals surface area contributed by atoms with Crippen molar-refractivity contribution in [2.45, 2.75) is 70.3 Å². The molecule has 0 saturated heterocycles. The van der Waals surface area contributed by atoms with Crippen LogP contribution in [-0.4, -0.2) is 85.2 Å². The van der Waals surface area contributed by atoms with Gasteiger partial charge in [-0.25, -0.2) is 0 Å². The SMILES string of the molecule is CCCN.CCC[C@H](NC(=O)[C@@H](CC(C)C)NC(=O)CNC)C(N)=O.CO.[CH3][Sb]. The molecule has 0 fully saturated rings. The molecule has 0 aliphatic heterocycles. The van der Waals surface area contributed by atoms with Crippen LogP contribution >= 0.6 is 0 Å². The van der Waals surface area contributed by atoms with E-state index in [2.05, 4.69) is 27.7 Å². The van der Waals surface area contributed by atoms with Crippen LogP contribution in [-0.2, 0) is 14.4 Å². The Morgan fingerprint density at radius 1 is 1.00 bits per heavy atom. The van der Waals surface area contributed by atoms with Gasteiger partial charge < -0.3 is 32.5 Å². The number of hydrogen-bond donors (Lipinski definition) is 6. The number of nitrogens with one attached hydrogen (secondary N) is 3. The molecule has 0 aromatic rings. The van der Waals surface area contributed by atoms with Gasteiger partial charge in [-0.3, -0.25) is 14.4 Å². The Balaban J connectivity index is -0.000000337. The summed E-state index contributed by atoms with van der Waals surface area (Å²) in [4.78, 5) is 37.2. The molecule has 174 valence electrons. The molecule has 0 aromatic carbocycles. The summed E-state index contributed by atoms with van der Waals surface area (Å²) >= 11 is 1.75. The first kappa shape index (κ1) is 35.5. The van der Waals surface area contributed by atoms with Crippen molar-refractivity contribution >= 4 is 40.7 Å². The topological polar surface area (TPSA) is 160 Å². The van der Waals surface area contributed by atoms with Crippen LogP contribution in [0.2, 0.25) is 4.87 Å². The third-order valence-electron chi connectivity index (χ3n) is 3.22. The van der Waals surface area contributed by atoms with Crippen molar-refractivity contribution in [3.8, 4) is 0 Å². The number of primary amides is 1. The standard InChI is InChI=1S/C14H28N4O3.C3H9N.CH4O.CH3.Sb/c1-5-6-10(13(15)20)18-14(21)11(7-9(2)3)17-12(19)8-16-4;1-2-3-4;1-2;;/h9-11,16H,5-8H2,1-4H3,(H2,15,20)(H,17,19)(H,18,21);2-4H2,1H3;2H,1H3;1H3;/t10-,11+;;;;/m0..../s1. The van der Waals surface area contributed by atoms with E-state index >= 15 is 0 Å². The van der Waals surface area contributed by atoms with Gasteiger partial charge in [0.05, 0.1) is 6.54 Å². The Kier molecular flexibility index (Phi) is 33.2. The predicted molar refractivity (Wildman–Crippen MR) is 120 cm³/mol. The summed E-state index contributed by atoms with van der Waals surface area (Å²) in [5, 5.41) is 15.0. The summed E-state index contributed by atoms with van der Waals surface area (Å²) in [5.74, 6) is -0.960. The number of hydrogen-bond acceptors (Lipinski definition) is 6. The first-order valence-electron chi connectivity index (χ1n) is 9.86. The van der Waals surface area contributed by atoms with Crippen molar-refractivity contribution in [3.63, 3.8) is 0 Å². The number of aliphatic hydroxyl groups excluding tert-OH is 1. The van der Waals surface area contributed by atoms with Crippen LogP contribution in [0.3, 0.4) is 0 Å². The zero-order chi connectivity index (χ0) is 23.8. The van der Waals surface area contributed by atoms with Gasteiger partial charge in [0, 0.05) is 7.11 Å². The molecule has 2 atom stereocenters. The molecule has 0 bridgehead atoms. The summed E-state index contributed by atoms with van der Waals surface area (Å²) in [5.41, 5.74) is 10.3. The van der Waals surface area contributed by atoms with Crippen molar-refractivity contribution in [2.24, 2.45) is 17.4 Å². The van der Waals surface area contributed by atoms with E-state index in [0.29, 0.717) is 12.8 Å². The Hall–Kier alpha value is -0.892. The fourth-order valence-corrected chi connectivity index (χ4v) is 1.96. The second-order valence-corrected chi connectivity index (χ2v) is 6.32. The predicted octanol–water partition coefficient (Wildman–Crippen LogP) is -0.326. The van der Waals surface area contributed by atoms with E-state index in [0.717, 1.165) is 26.5 Å². The van der Waals surface area contributed by atoms with E-state index in [1.807, 2.05) is 20.8 Å². The maximum absolute atomic E-state index is 12.3. The van der Waals surface area contributed by atoms with Gasteiger partial charge in [0.25, 0.3) is 0 Å². The summed E-state index contributed by atoms with van der Waals surface area (Å²) in [7, 11) is 2.65. The third kappa shape index (κ3) is 25.1. The average molecular weight is 528 g/mol. The third-order valence-corrected chi connectivity index (χ3v) is 3.22. The number of carbonyl (C=O) groups excluding carboxylic acids is 3. The van der Waals surface area contributed by atoms with E-state index in [1.54, 1.807) is 30.1 Å². The van der Waals surface area contributed by atoms with Gasteiger partial charge in [0.2, 0.25) is 17.7 Å². The Labute approximate surface area is 191 Å². The second kappa shape index (κ2) is 27.1. The average Bonchev–Trinajstić information content (AvgIpc) is 2.70. The Morgan fingerprint density at radius 3 is 1.79 bits per heavy atom. The van der Waals surface area contributed by atoms with Crippen molar-refractivity contribution in [2.75, 3.05) is 27.2 Å². The molecule has 0 aliphatic carbocycles. The number of aliphatic hydroxyl groups is 1. The molecule has 3 amide bonds. The minimum atomic E-state index is -0.696. The molecule has 0 heterocycles. The van der Waals surface area contributed by atoms with Crippen LogP contribution in [0.25, 0.3) is 0 Å². The summed E-state index contributed by atoms with van der Waals surface area (Å²) in [6.45, 7) is 8.84. The zero-order valence-electron chi connectivity index (χ0n) is 19.2. The molecule has 0 unspecified atom stereocenters. The van der Waals surface area contributed by atoms with E-state index in [9.17, 15) is 14.4 Å². The van der Waals surface area contributed by atoms with Crippen LogP contribution in [0.1, 0.15) is 53.4 Å². The second-order valence-electron chi connectivity index (χ2n) is 6.32. The van der Waals surface area contributed by atoms with Crippen molar-refractivity contribution in [3.05, 3.63) is 0 Å². The van der Waals surface area contributed by atoms with Crippen LogP contribution in [0.4, 0.5) is 0 Å². The number of amides is 3. The van der Waals surface area contributed by atoms with Crippen molar-refractivity contribution in [1.29, 1.82) is 0 Å². The molecule has 0 spiro atoms. The van der Waals surface area contributed by atoms with Gasteiger partial charge in [0.15, 0.2) is 0 Å². The zero-order valence-corrected chi connectivity index (χ0v) is 21.8. The first-order valence-corrected chi connectivity index (χ1v) is 12.4. The quantitative estimate of drug-likeness (QED) is 0.202. The first-order chi connectivity index (χ1) is 13.7. The van der Waals surface area contributed by atoms with E-state index < -0.39 is 18.0 Å².